The van der Waals surface area contributed by atoms with Gasteiger partial charge in [-0.1, -0.05) is 110 Å². The van der Waals surface area contributed by atoms with Gasteiger partial charge in [-0.05, 0) is 99.3 Å². The maximum absolute atomic E-state index is 6.71. The number of benzene rings is 6. The van der Waals surface area contributed by atoms with Gasteiger partial charge in [0.05, 0.1) is 0 Å². The third kappa shape index (κ3) is 4.56. The molecule has 1 aliphatic rings. The molecule has 0 N–H and O–H groups in total. The summed E-state index contributed by atoms with van der Waals surface area (Å²) in [5.74, 6) is 0. The van der Waals surface area contributed by atoms with Crippen LogP contribution >= 0.6 is 0 Å². The molecule has 1 aliphatic carbocycles. The van der Waals surface area contributed by atoms with E-state index in [-0.39, 0.29) is 16.2 Å². The Morgan fingerprint density at radius 3 is 1.78 bits per heavy atom. The van der Waals surface area contributed by atoms with Crippen molar-refractivity contribution in [2.24, 2.45) is 0 Å². The molecule has 3 heteroatoms. The van der Waals surface area contributed by atoms with Crippen LogP contribution in [0.1, 0.15) is 77.6 Å². The lowest BCUT2D eigenvalue weighted by Crippen LogP contribution is -2.16. The second-order valence-electron chi connectivity index (χ2n) is 16.7. The van der Waals surface area contributed by atoms with Crippen LogP contribution in [0.25, 0.3) is 55.0 Å². The zero-order valence-electron chi connectivity index (χ0n) is 30.2. The lowest BCUT2D eigenvalue weighted by Gasteiger charge is -2.28. The van der Waals surface area contributed by atoms with E-state index >= 15 is 0 Å². The first kappa shape index (κ1) is 30.8. The molecule has 0 radical (unpaired) electrons. The number of hydrogen-bond donors (Lipinski definition) is 0. The fourth-order valence-corrected chi connectivity index (χ4v) is 8.13. The summed E-state index contributed by atoms with van der Waals surface area (Å²) in [7, 11) is 0. The summed E-state index contributed by atoms with van der Waals surface area (Å²) >= 11 is 0. The molecule has 0 bridgehead atoms. The zero-order valence-corrected chi connectivity index (χ0v) is 30.2. The Morgan fingerprint density at radius 2 is 1.06 bits per heavy atom. The van der Waals surface area contributed by atoms with Gasteiger partial charge in [0.2, 0.25) is 0 Å². The van der Waals surface area contributed by atoms with E-state index < -0.39 is 0 Å². The summed E-state index contributed by atoms with van der Waals surface area (Å²) in [4.78, 5) is 2.40. The maximum Gasteiger partial charge on any atom is 0.139 e. The highest BCUT2D eigenvalue weighted by Crippen LogP contribution is 2.51. The van der Waals surface area contributed by atoms with Crippen LogP contribution in [0.5, 0.6) is 0 Å². The lowest BCUT2D eigenvalue weighted by molar-refractivity contribution is 0.559. The smallest absolute Gasteiger partial charge is 0.139 e. The van der Waals surface area contributed by atoms with Crippen molar-refractivity contribution >= 4 is 60.9 Å². The fourth-order valence-electron chi connectivity index (χ4n) is 8.13. The van der Waals surface area contributed by atoms with Gasteiger partial charge in [0, 0.05) is 49.6 Å². The van der Waals surface area contributed by atoms with Crippen molar-refractivity contribution in [2.45, 2.75) is 71.6 Å². The molecule has 248 valence electrons. The van der Waals surface area contributed by atoms with Gasteiger partial charge in [-0.3, -0.25) is 0 Å². The van der Waals surface area contributed by atoms with Crippen LogP contribution < -0.4 is 4.90 Å². The van der Waals surface area contributed by atoms with Gasteiger partial charge in [-0.25, -0.2) is 0 Å². The fraction of sp³-hybridized carbons (Fsp3) is 0.234. The minimum absolute atomic E-state index is 0.000987. The first-order valence-corrected chi connectivity index (χ1v) is 17.8. The Kier molecular flexibility index (Phi) is 6.38. The van der Waals surface area contributed by atoms with Crippen LogP contribution in [0, 0.1) is 0 Å². The summed E-state index contributed by atoms with van der Waals surface area (Å²) < 4.78 is 13.0. The minimum atomic E-state index is -0.115. The third-order valence-electron chi connectivity index (χ3n) is 10.9. The monoisotopic (exact) mass is 653 g/mol. The Labute approximate surface area is 294 Å². The van der Waals surface area contributed by atoms with Crippen LogP contribution in [0.15, 0.2) is 124 Å². The average molecular weight is 654 g/mol. The average Bonchev–Trinajstić information content (AvgIpc) is 3.71. The van der Waals surface area contributed by atoms with Crippen molar-refractivity contribution in [2.75, 3.05) is 4.90 Å². The molecule has 0 spiro atoms. The summed E-state index contributed by atoms with van der Waals surface area (Å²) in [6.07, 6.45) is 0. The second kappa shape index (κ2) is 10.4. The first-order valence-electron chi connectivity index (χ1n) is 17.8. The normalized spacial score (nSPS) is 14.2. The topological polar surface area (TPSA) is 29.5 Å². The summed E-state index contributed by atoms with van der Waals surface area (Å²) in [5, 5.41) is 4.52. The van der Waals surface area contributed by atoms with Gasteiger partial charge in [0.1, 0.15) is 22.3 Å². The van der Waals surface area contributed by atoms with Crippen LogP contribution in [0.3, 0.4) is 0 Å². The molecule has 0 fully saturated rings. The molecule has 2 aromatic heterocycles. The highest BCUT2D eigenvalue weighted by Gasteiger charge is 2.36. The standard InChI is InChI=1S/C47H43NO2/c1-45(2,3)28-23-37-36-26-30(19-22-43(36)50-44(37)40(24-28)46(4,5)6)48(29-18-21-42-35(25-29)34-14-10-12-16-41(34)49-42)31-17-20-33-32-13-9-11-15-38(32)47(7,8)39(33)27-31/h9-27H,1-8H3. The predicted octanol–water partition coefficient (Wildman–Crippen LogP) is 13.9. The number of fused-ring (bicyclic) bond motifs is 9. The van der Waals surface area contributed by atoms with Crippen LogP contribution in [-0.2, 0) is 16.2 Å². The molecule has 50 heavy (non-hydrogen) atoms. The Hall–Kier alpha value is -5.28. The number of nitrogens with zero attached hydrogens (tertiary/aromatic N) is 1. The van der Waals surface area contributed by atoms with Gasteiger partial charge in [-0.15, -0.1) is 0 Å². The number of anilines is 3. The van der Waals surface area contributed by atoms with E-state index in [9.17, 15) is 0 Å². The maximum atomic E-state index is 6.71. The molecule has 6 aromatic carbocycles. The molecular formula is C47H43NO2. The van der Waals surface area contributed by atoms with Crippen molar-refractivity contribution in [3.05, 3.63) is 138 Å². The molecule has 0 saturated heterocycles. The Bertz CT molecular complexity index is 2650. The molecule has 0 saturated carbocycles. The molecule has 0 aliphatic heterocycles. The van der Waals surface area contributed by atoms with Crippen LogP contribution in [-0.4, -0.2) is 0 Å². The van der Waals surface area contributed by atoms with E-state index in [0.29, 0.717) is 0 Å². The van der Waals surface area contributed by atoms with Gasteiger partial charge in [0.15, 0.2) is 0 Å². The van der Waals surface area contributed by atoms with E-state index in [2.05, 4.69) is 163 Å². The number of hydrogen-bond acceptors (Lipinski definition) is 3. The molecule has 0 amide bonds. The molecular weight excluding hydrogens is 611 g/mol. The van der Waals surface area contributed by atoms with E-state index in [1.807, 2.05) is 12.1 Å². The minimum Gasteiger partial charge on any atom is -0.456 e. The van der Waals surface area contributed by atoms with Crippen LogP contribution in [0.2, 0.25) is 0 Å². The molecule has 2 heterocycles. The summed E-state index contributed by atoms with van der Waals surface area (Å²) in [5.41, 5.74) is 14.7. The van der Waals surface area contributed by atoms with Crippen molar-refractivity contribution in [3.63, 3.8) is 0 Å². The quantitative estimate of drug-likeness (QED) is 0.190. The first-order chi connectivity index (χ1) is 23.8. The van der Waals surface area contributed by atoms with Gasteiger partial charge in [0.25, 0.3) is 0 Å². The lowest BCUT2D eigenvalue weighted by atomic mass is 9.79. The SMILES string of the molecule is CC(C)(C)c1cc(C(C)(C)C)c2oc3ccc(N(c4ccc5c(c4)C(C)(C)c4ccccc4-5)c4ccc5oc6ccccc6c5c4)cc3c2c1. The van der Waals surface area contributed by atoms with Crippen molar-refractivity contribution in [1.82, 2.24) is 0 Å². The van der Waals surface area contributed by atoms with E-state index in [1.54, 1.807) is 0 Å². The Morgan fingerprint density at radius 1 is 0.480 bits per heavy atom. The summed E-state index contributed by atoms with van der Waals surface area (Å²) in [6, 6.07) is 42.1. The van der Waals surface area contributed by atoms with Crippen LogP contribution in [0.4, 0.5) is 17.1 Å². The second-order valence-corrected chi connectivity index (χ2v) is 16.7. The van der Waals surface area contributed by atoms with Gasteiger partial charge < -0.3 is 13.7 Å². The van der Waals surface area contributed by atoms with Gasteiger partial charge >= 0.3 is 0 Å². The van der Waals surface area contributed by atoms with Crippen molar-refractivity contribution in [1.29, 1.82) is 0 Å². The highest BCUT2D eigenvalue weighted by molar-refractivity contribution is 6.09. The highest BCUT2D eigenvalue weighted by atomic mass is 16.3. The number of furan rings is 2. The van der Waals surface area contributed by atoms with E-state index in [4.69, 9.17) is 8.83 Å². The number of para-hydroxylation sites is 1. The van der Waals surface area contributed by atoms with Crippen molar-refractivity contribution in [3.8, 4) is 11.1 Å². The summed E-state index contributed by atoms with van der Waals surface area (Å²) in [6.45, 7) is 18.4. The predicted molar refractivity (Wildman–Crippen MR) is 211 cm³/mol. The molecule has 9 rings (SSSR count). The van der Waals surface area contributed by atoms with Gasteiger partial charge in [-0.2, -0.15) is 0 Å². The number of rotatable bonds is 3. The molecule has 8 aromatic rings. The zero-order chi connectivity index (χ0) is 34.7. The van der Waals surface area contributed by atoms with Crippen molar-refractivity contribution < 1.29 is 8.83 Å². The molecule has 3 nitrogen and oxygen atoms in total. The third-order valence-corrected chi connectivity index (χ3v) is 10.9. The van der Waals surface area contributed by atoms with E-state index in [0.717, 1.165) is 55.6 Å². The molecule has 0 unspecified atom stereocenters. The Balaban J connectivity index is 1.30. The molecule has 0 atom stereocenters. The largest absolute Gasteiger partial charge is 0.456 e. The van der Waals surface area contributed by atoms with E-state index in [1.165, 1.54) is 38.8 Å².